The third-order valence-electron chi connectivity index (χ3n) is 3.04. The molecule has 21 heavy (non-hydrogen) atoms. The lowest BCUT2D eigenvalue weighted by atomic mass is 9.98. The molecule has 0 heterocycles. The van der Waals surface area contributed by atoms with Gasteiger partial charge in [0, 0.05) is 11.1 Å². The molecule has 2 rings (SSSR count). The van der Waals surface area contributed by atoms with Gasteiger partial charge in [-0.25, -0.2) is 4.79 Å². The Morgan fingerprint density at radius 1 is 1.05 bits per heavy atom. The van der Waals surface area contributed by atoms with Gasteiger partial charge >= 0.3 is 5.97 Å². The van der Waals surface area contributed by atoms with Crippen LogP contribution in [0.3, 0.4) is 0 Å². The molecule has 106 valence electrons. The second kappa shape index (κ2) is 6.66. The van der Waals surface area contributed by atoms with E-state index in [1.807, 2.05) is 19.1 Å². The highest BCUT2D eigenvalue weighted by atomic mass is 16.5. The molecule has 0 N–H and O–H groups in total. The van der Waals surface area contributed by atoms with Gasteiger partial charge in [-0.2, -0.15) is 0 Å². The highest BCUT2D eigenvalue weighted by Crippen LogP contribution is 2.16. The van der Waals surface area contributed by atoms with Gasteiger partial charge in [-0.3, -0.25) is 4.79 Å². The highest BCUT2D eigenvalue weighted by molar-refractivity contribution is 6.14. The number of benzene rings is 2. The lowest BCUT2D eigenvalue weighted by molar-refractivity contribution is 0.0547. The van der Waals surface area contributed by atoms with Crippen molar-refractivity contribution in [1.82, 2.24) is 0 Å². The number of aryl methyl sites for hydroxylation is 1. The Hall–Kier alpha value is -2.68. The lowest BCUT2D eigenvalue weighted by Crippen LogP contribution is -2.12. The summed E-state index contributed by atoms with van der Waals surface area (Å²) >= 11 is 0. The molecule has 0 spiro atoms. The summed E-state index contributed by atoms with van der Waals surface area (Å²) < 4.78 is 5.01. The first kappa shape index (κ1) is 14.7. The molecule has 0 bridgehead atoms. The van der Waals surface area contributed by atoms with E-state index in [4.69, 9.17) is 4.74 Å². The van der Waals surface area contributed by atoms with Crippen LogP contribution < -0.4 is 0 Å². The Labute approximate surface area is 123 Å². The molecule has 0 atom stereocenters. The van der Waals surface area contributed by atoms with E-state index in [1.54, 1.807) is 36.4 Å². The Morgan fingerprint density at radius 2 is 1.67 bits per heavy atom. The molecule has 0 unspecified atom stereocenters. The van der Waals surface area contributed by atoms with E-state index < -0.39 is 5.97 Å². The largest absolute Gasteiger partial charge is 0.458 e. The molecule has 0 saturated heterocycles. The molecule has 0 aliphatic heterocycles. The van der Waals surface area contributed by atoms with Crippen molar-refractivity contribution in [3.63, 3.8) is 0 Å². The van der Waals surface area contributed by atoms with Gasteiger partial charge in [0.1, 0.15) is 6.61 Å². The van der Waals surface area contributed by atoms with E-state index in [1.165, 1.54) is 6.08 Å². The van der Waals surface area contributed by atoms with Crippen LogP contribution in [0.15, 0.2) is 61.2 Å². The zero-order valence-electron chi connectivity index (χ0n) is 11.8. The number of esters is 1. The number of hydrogen-bond acceptors (Lipinski definition) is 3. The first-order valence-corrected chi connectivity index (χ1v) is 6.62. The van der Waals surface area contributed by atoms with Crippen LogP contribution in [0.2, 0.25) is 0 Å². The Balaban J connectivity index is 2.35. The maximum atomic E-state index is 12.5. The van der Waals surface area contributed by atoms with Gasteiger partial charge in [0.25, 0.3) is 0 Å². The van der Waals surface area contributed by atoms with E-state index in [0.29, 0.717) is 11.1 Å². The van der Waals surface area contributed by atoms with Crippen LogP contribution in [-0.2, 0) is 4.74 Å². The van der Waals surface area contributed by atoms with Crippen molar-refractivity contribution in [3.05, 3.63) is 83.4 Å². The molecule has 0 saturated carbocycles. The van der Waals surface area contributed by atoms with E-state index in [0.717, 1.165) is 5.56 Å². The van der Waals surface area contributed by atoms with E-state index in [2.05, 4.69) is 6.58 Å². The van der Waals surface area contributed by atoms with E-state index >= 15 is 0 Å². The summed E-state index contributed by atoms with van der Waals surface area (Å²) in [7, 11) is 0. The molecule has 3 nitrogen and oxygen atoms in total. The molecule has 0 fully saturated rings. The van der Waals surface area contributed by atoms with Crippen molar-refractivity contribution in [1.29, 1.82) is 0 Å². The van der Waals surface area contributed by atoms with Crippen molar-refractivity contribution in [2.75, 3.05) is 6.61 Å². The Morgan fingerprint density at radius 3 is 2.29 bits per heavy atom. The zero-order valence-corrected chi connectivity index (χ0v) is 11.8. The Kier molecular flexibility index (Phi) is 4.67. The molecular formula is C18H16O3. The molecule has 0 amide bonds. The number of ketones is 1. The van der Waals surface area contributed by atoms with Crippen molar-refractivity contribution in [2.24, 2.45) is 0 Å². The van der Waals surface area contributed by atoms with Gasteiger partial charge < -0.3 is 4.74 Å². The van der Waals surface area contributed by atoms with Crippen LogP contribution in [0.1, 0.15) is 31.8 Å². The minimum absolute atomic E-state index is 0.117. The standard InChI is InChI=1S/C18H16O3/c1-3-12-21-18(20)16-7-5-4-6-15(16)17(19)14-10-8-13(2)9-11-14/h3-11H,1,12H2,2H3. The lowest BCUT2D eigenvalue weighted by Gasteiger charge is -2.08. The fraction of sp³-hybridized carbons (Fsp3) is 0.111. The predicted octanol–water partition coefficient (Wildman–Crippen LogP) is 3.57. The molecule has 3 heteroatoms. The average molecular weight is 280 g/mol. The minimum Gasteiger partial charge on any atom is -0.458 e. The monoisotopic (exact) mass is 280 g/mol. The first-order chi connectivity index (χ1) is 10.1. The molecule has 0 aromatic heterocycles. The normalized spacial score (nSPS) is 9.95. The SMILES string of the molecule is C=CCOC(=O)c1ccccc1C(=O)c1ccc(C)cc1. The number of ether oxygens (including phenoxy) is 1. The highest BCUT2D eigenvalue weighted by Gasteiger charge is 2.18. The minimum atomic E-state index is -0.522. The first-order valence-electron chi connectivity index (χ1n) is 6.62. The number of rotatable bonds is 5. The van der Waals surface area contributed by atoms with Crippen LogP contribution in [0.5, 0.6) is 0 Å². The van der Waals surface area contributed by atoms with Crippen molar-refractivity contribution >= 4 is 11.8 Å². The predicted molar refractivity (Wildman–Crippen MR) is 81.5 cm³/mol. The van der Waals surface area contributed by atoms with Crippen molar-refractivity contribution in [2.45, 2.75) is 6.92 Å². The Bertz CT molecular complexity index is 669. The van der Waals surface area contributed by atoms with Gasteiger partial charge in [-0.05, 0) is 13.0 Å². The van der Waals surface area contributed by atoms with Gasteiger partial charge in [0.05, 0.1) is 5.56 Å². The van der Waals surface area contributed by atoms with Gasteiger partial charge in [-0.15, -0.1) is 0 Å². The molecule has 2 aromatic rings. The third kappa shape index (κ3) is 3.45. The molecule has 2 aromatic carbocycles. The summed E-state index contributed by atoms with van der Waals surface area (Å²) in [5.41, 5.74) is 2.23. The van der Waals surface area contributed by atoms with E-state index in [-0.39, 0.29) is 18.0 Å². The fourth-order valence-corrected chi connectivity index (χ4v) is 1.93. The van der Waals surface area contributed by atoms with Crippen LogP contribution >= 0.6 is 0 Å². The van der Waals surface area contributed by atoms with E-state index in [9.17, 15) is 9.59 Å². The second-order valence-electron chi connectivity index (χ2n) is 4.63. The maximum Gasteiger partial charge on any atom is 0.339 e. The smallest absolute Gasteiger partial charge is 0.339 e. The van der Waals surface area contributed by atoms with Crippen LogP contribution in [0, 0.1) is 6.92 Å². The van der Waals surface area contributed by atoms with Gasteiger partial charge in [0.2, 0.25) is 0 Å². The molecule has 0 radical (unpaired) electrons. The van der Waals surface area contributed by atoms with Crippen molar-refractivity contribution < 1.29 is 14.3 Å². The summed E-state index contributed by atoms with van der Waals surface area (Å²) in [6.45, 7) is 5.57. The maximum absolute atomic E-state index is 12.5. The quantitative estimate of drug-likeness (QED) is 0.478. The zero-order chi connectivity index (χ0) is 15.2. The van der Waals surface area contributed by atoms with Gasteiger partial charge in [-0.1, -0.05) is 60.7 Å². The summed E-state index contributed by atoms with van der Waals surface area (Å²) in [4.78, 5) is 24.5. The summed E-state index contributed by atoms with van der Waals surface area (Å²) in [6.07, 6.45) is 1.49. The molecule has 0 aliphatic carbocycles. The van der Waals surface area contributed by atoms with Crippen LogP contribution in [0.4, 0.5) is 0 Å². The summed E-state index contributed by atoms with van der Waals surface area (Å²) in [6, 6.07) is 13.9. The topological polar surface area (TPSA) is 43.4 Å². The van der Waals surface area contributed by atoms with Crippen molar-refractivity contribution in [3.8, 4) is 0 Å². The van der Waals surface area contributed by atoms with Crippen LogP contribution in [-0.4, -0.2) is 18.4 Å². The third-order valence-corrected chi connectivity index (χ3v) is 3.04. The number of carbonyl (C=O) groups is 2. The fourth-order valence-electron chi connectivity index (χ4n) is 1.93. The summed E-state index contributed by atoms with van der Waals surface area (Å²) in [5, 5.41) is 0. The number of hydrogen-bond donors (Lipinski definition) is 0. The summed E-state index contributed by atoms with van der Waals surface area (Å²) in [5.74, 6) is -0.716. The second-order valence-corrected chi connectivity index (χ2v) is 4.63. The van der Waals surface area contributed by atoms with Gasteiger partial charge in [0.15, 0.2) is 5.78 Å². The molecule has 0 aliphatic rings. The number of carbonyl (C=O) groups excluding carboxylic acids is 2. The van der Waals surface area contributed by atoms with Crippen LogP contribution in [0.25, 0.3) is 0 Å². The average Bonchev–Trinajstić information content (AvgIpc) is 2.52. The molecular weight excluding hydrogens is 264 g/mol.